The first kappa shape index (κ1) is 38.7. The maximum absolute atomic E-state index is 13.7. The standard InChI is InChI=1S/C37H55N3O9/c1-24(2)31(36(44)40-32-27-13-8-7-12-26(27)23-29(32)41)35(43)34(42)28(22-25-10-5-4-6-11-25)39-37(45)33-30(14-9-15-38-33)49-21-20-48-19-18-47-17-16-46-3/h7-9,12-15,24-25,28-29,31-32,34-35,41-43H,4-6,10-11,16-23H2,1-3H3,(H,39,45)(H,40,44)/t28?,29?,31-,32+,34-,35-/m1/s1. The predicted molar refractivity (Wildman–Crippen MR) is 183 cm³/mol. The van der Waals surface area contributed by atoms with E-state index in [0.29, 0.717) is 39.3 Å². The van der Waals surface area contributed by atoms with E-state index in [1.165, 1.54) is 6.20 Å². The summed E-state index contributed by atoms with van der Waals surface area (Å²) < 4.78 is 21.7. The molecule has 0 saturated heterocycles. The van der Waals surface area contributed by atoms with Crippen molar-refractivity contribution in [3.8, 4) is 5.75 Å². The summed E-state index contributed by atoms with van der Waals surface area (Å²) in [4.78, 5) is 31.7. The molecular weight excluding hydrogens is 630 g/mol. The molecule has 0 aliphatic heterocycles. The van der Waals surface area contributed by atoms with Crippen molar-refractivity contribution in [1.82, 2.24) is 15.6 Å². The topological polar surface area (TPSA) is 169 Å². The molecule has 5 N–H and O–H groups in total. The van der Waals surface area contributed by atoms with Crippen LogP contribution in [0.1, 0.15) is 80.0 Å². The van der Waals surface area contributed by atoms with Gasteiger partial charge in [-0.05, 0) is 41.5 Å². The number of amides is 2. The first-order valence-corrected chi connectivity index (χ1v) is 17.7. The molecule has 1 fully saturated rings. The van der Waals surface area contributed by atoms with Crippen LogP contribution < -0.4 is 15.4 Å². The molecule has 1 aromatic heterocycles. The van der Waals surface area contributed by atoms with Crippen LogP contribution in [0, 0.1) is 17.8 Å². The highest BCUT2D eigenvalue weighted by Crippen LogP contribution is 2.33. The Morgan fingerprint density at radius 2 is 1.61 bits per heavy atom. The summed E-state index contributed by atoms with van der Waals surface area (Å²) in [5.74, 6) is -1.85. The van der Waals surface area contributed by atoms with E-state index in [2.05, 4.69) is 15.6 Å². The second-order valence-electron chi connectivity index (χ2n) is 13.4. The second-order valence-corrected chi connectivity index (χ2v) is 13.4. The third-order valence-electron chi connectivity index (χ3n) is 9.56. The fourth-order valence-corrected chi connectivity index (χ4v) is 6.95. The third kappa shape index (κ3) is 11.2. The van der Waals surface area contributed by atoms with Crippen molar-refractivity contribution in [2.24, 2.45) is 17.8 Å². The Labute approximate surface area is 289 Å². The number of aliphatic hydroxyl groups excluding tert-OH is 3. The van der Waals surface area contributed by atoms with Crippen LogP contribution in [-0.4, -0.2) is 103 Å². The van der Waals surface area contributed by atoms with E-state index in [1.807, 2.05) is 38.1 Å². The summed E-state index contributed by atoms with van der Waals surface area (Å²) in [6.07, 6.45) is 3.80. The molecule has 0 radical (unpaired) electrons. The molecule has 0 bridgehead atoms. The summed E-state index contributed by atoms with van der Waals surface area (Å²) >= 11 is 0. The van der Waals surface area contributed by atoms with Gasteiger partial charge >= 0.3 is 0 Å². The van der Waals surface area contributed by atoms with Crippen molar-refractivity contribution >= 4 is 11.8 Å². The maximum atomic E-state index is 13.7. The smallest absolute Gasteiger partial charge is 0.274 e. The molecule has 4 rings (SSSR count). The largest absolute Gasteiger partial charge is 0.489 e. The predicted octanol–water partition coefficient (Wildman–Crippen LogP) is 2.98. The average Bonchev–Trinajstić information content (AvgIpc) is 3.41. The van der Waals surface area contributed by atoms with Crippen molar-refractivity contribution in [2.75, 3.05) is 46.8 Å². The van der Waals surface area contributed by atoms with Gasteiger partial charge in [0.25, 0.3) is 5.91 Å². The number of nitrogens with one attached hydrogen (secondary N) is 2. The maximum Gasteiger partial charge on any atom is 0.274 e. The Balaban J connectivity index is 1.43. The van der Waals surface area contributed by atoms with E-state index >= 15 is 0 Å². The van der Waals surface area contributed by atoms with Crippen LogP contribution in [0.3, 0.4) is 0 Å². The number of benzene rings is 1. The van der Waals surface area contributed by atoms with Gasteiger partial charge in [-0.1, -0.05) is 70.2 Å². The third-order valence-corrected chi connectivity index (χ3v) is 9.56. The molecule has 12 nitrogen and oxygen atoms in total. The van der Waals surface area contributed by atoms with Gasteiger partial charge in [0, 0.05) is 19.7 Å². The Hall–Kier alpha value is -3.13. The molecular formula is C37H55N3O9. The van der Waals surface area contributed by atoms with Crippen LogP contribution in [-0.2, 0) is 25.4 Å². The monoisotopic (exact) mass is 685 g/mol. The van der Waals surface area contributed by atoms with Crippen molar-refractivity contribution < 1.29 is 43.9 Å². The van der Waals surface area contributed by atoms with Crippen LogP contribution in [0.4, 0.5) is 0 Å². The van der Waals surface area contributed by atoms with E-state index in [4.69, 9.17) is 18.9 Å². The molecule has 0 spiro atoms. The summed E-state index contributed by atoms with van der Waals surface area (Å²) in [5, 5.41) is 40.0. The first-order valence-electron chi connectivity index (χ1n) is 17.7. The van der Waals surface area contributed by atoms with Gasteiger partial charge in [-0.25, -0.2) is 4.98 Å². The number of ether oxygens (including phenoxy) is 4. The number of hydrogen-bond donors (Lipinski definition) is 5. The fourth-order valence-electron chi connectivity index (χ4n) is 6.95. The second kappa shape index (κ2) is 19.9. The minimum absolute atomic E-state index is 0.0489. The molecule has 2 aliphatic carbocycles. The lowest BCUT2D eigenvalue weighted by Gasteiger charge is -2.36. The van der Waals surface area contributed by atoms with Crippen molar-refractivity contribution in [1.29, 1.82) is 0 Å². The van der Waals surface area contributed by atoms with Crippen LogP contribution >= 0.6 is 0 Å². The summed E-state index contributed by atoms with van der Waals surface area (Å²) in [5.41, 5.74) is 1.86. The molecule has 1 saturated carbocycles. The average molecular weight is 686 g/mol. The highest BCUT2D eigenvalue weighted by atomic mass is 16.6. The fraction of sp³-hybridized carbons (Fsp3) is 0.649. The van der Waals surface area contributed by atoms with E-state index in [1.54, 1.807) is 19.2 Å². The number of nitrogens with zero attached hydrogens (tertiary/aromatic N) is 1. The molecule has 49 heavy (non-hydrogen) atoms. The molecule has 12 heteroatoms. The van der Waals surface area contributed by atoms with Gasteiger partial charge < -0.3 is 44.9 Å². The number of aromatic nitrogens is 1. The number of methoxy groups -OCH3 is 1. The minimum atomic E-state index is -1.49. The van der Waals surface area contributed by atoms with Gasteiger partial charge in [0.1, 0.15) is 12.7 Å². The molecule has 6 atom stereocenters. The van der Waals surface area contributed by atoms with Crippen molar-refractivity contribution in [2.45, 2.75) is 89.2 Å². The number of carbonyl (C=O) groups excluding carboxylic acids is 2. The number of aliphatic hydroxyl groups is 3. The molecule has 1 aromatic carbocycles. The normalized spacial score (nSPS) is 20.3. The van der Waals surface area contributed by atoms with Gasteiger partial charge in [-0.15, -0.1) is 0 Å². The molecule has 2 aromatic rings. The van der Waals surface area contributed by atoms with Gasteiger partial charge in [-0.2, -0.15) is 0 Å². The van der Waals surface area contributed by atoms with E-state index < -0.39 is 48.1 Å². The number of rotatable bonds is 20. The first-order chi connectivity index (χ1) is 23.7. The lowest BCUT2D eigenvalue weighted by atomic mass is 9.79. The van der Waals surface area contributed by atoms with E-state index in [-0.39, 0.29) is 36.5 Å². The number of hydrogen-bond acceptors (Lipinski definition) is 10. The molecule has 2 unspecified atom stereocenters. The molecule has 2 amide bonds. The number of fused-ring (bicyclic) bond motifs is 1. The van der Waals surface area contributed by atoms with Crippen molar-refractivity contribution in [3.63, 3.8) is 0 Å². The summed E-state index contributed by atoms with van der Waals surface area (Å²) in [6.45, 7) is 5.90. The van der Waals surface area contributed by atoms with Crippen LogP contribution in [0.5, 0.6) is 5.75 Å². The molecule has 1 heterocycles. The van der Waals surface area contributed by atoms with Crippen LogP contribution in [0.2, 0.25) is 0 Å². The lowest BCUT2D eigenvalue weighted by molar-refractivity contribution is -0.137. The SMILES string of the molecule is COCCOCCOCCOc1cccnc1C(=O)NC(CC1CCCCC1)[C@@H](O)[C@H](O)[C@H](C(=O)N[C@H]1c2ccccc2CC1O)C(C)C. The van der Waals surface area contributed by atoms with Crippen molar-refractivity contribution in [3.05, 3.63) is 59.4 Å². The van der Waals surface area contributed by atoms with Gasteiger partial charge in [0.05, 0.1) is 63.2 Å². The molecule has 272 valence electrons. The Morgan fingerprint density at radius 3 is 2.33 bits per heavy atom. The summed E-state index contributed by atoms with van der Waals surface area (Å²) in [7, 11) is 1.61. The zero-order chi connectivity index (χ0) is 35.2. The number of pyridine rings is 1. The van der Waals surface area contributed by atoms with Gasteiger partial charge in [-0.3, -0.25) is 9.59 Å². The zero-order valence-corrected chi connectivity index (χ0v) is 29.1. The van der Waals surface area contributed by atoms with Crippen LogP contribution in [0.25, 0.3) is 0 Å². The summed E-state index contributed by atoms with van der Waals surface area (Å²) in [6, 6.07) is 9.41. The highest BCUT2D eigenvalue weighted by molar-refractivity contribution is 5.95. The number of carbonyl (C=O) groups is 2. The Bertz CT molecular complexity index is 1310. The highest BCUT2D eigenvalue weighted by Gasteiger charge is 2.42. The quantitative estimate of drug-likeness (QED) is 0.131. The lowest BCUT2D eigenvalue weighted by Crippen LogP contribution is -2.55. The minimum Gasteiger partial charge on any atom is -0.489 e. The Morgan fingerprint density at radius 1 is 0.918 bits per heavy atom. The Kier molecular flexibility index (Phi) is 15.7. The van der Waals surface area contributed by atoms with Gasteiger partial charge in [0.2, 0.25) is 5.91 Å². The zero-order valence-electron chi connectivity index (χ0n) is 29.1. The molecule has 2 aliphatic rings. The van der Waals surface area contributed by atoms with E-state index in [9.17, 15) is 24.9 Å². The van der Waals surface area contributed by atoms with Gasteiger partial charge in [0.15, 0.2) is 11.4 Å². The van der Waals surface area contributed by atoms with E-state index in [0.717, 1.165) is 43.2 Å². The van der Waals surface area contributed by atoms with Crippen LogP contribution in [0.15, 0.2) is 42.6 Å².